The van der Waals surface area contributed by atoms with Gasteiger partial charge in [0.25, 0.3) is 0 Å². The number of likely N-dealkylation sites (tertiary alicyclic amines) is 1. The minimum atomic E-state index is -0.419. The summed E-state index contributed by atoms with van der Waals surface area (Å²) in [6, 6.07) is 4.10. The molecule has 2 fully saturated rings. The number of nitrogens with zero attached hydrogens (tertiary/aromatic N) is 2. The number of piperidine rings is 1. The van der Waals surface area contributed by atoms with E-state index in [0.29, 0.717) is 18.3 Å². The zero-order valence-corrected chi connectivity index (χ0v) is 12.9. The van der Waals surface area contributed by atoms with Crippen LogP contribution in [0.2, 0.25) is 0 Å². The maximum atomic E-state index is 5.89. The third kappa shape index (κ3) is 3.73. The number of ether oxygens (including phenoxy) is 2. The first-order chi connectivity index (χ1) is 10.0. The maximum absolute atomic E-state index is 5.89. The molecule has 0 aliphatic carbocycles. The fourth-order valence-corrected chi connectivity index (χ4v) is 3.31. The highest BCUT2D eigenvalue weighted by Gasteiger charge is 2.34. The molecule has 1 atom stereocenters. The normalized spacial score (nSPS) is 27.0. The lowest BCUT2D eigenvalue weighted by molar-refractivity contribution is -0.140. The van der Waals surface area contributed by atoms with Crippen LogP contribution in [0.15, 0.2) is 18.3 Å². The summed E-state index contributed by atoms with van der Waals surface area (Å²) < 4.78 is 11.5. The molecule has 3 rings (SSSR count). The Hall–Kier alpha value is -1.17. The van der Waals surface area contributed by atoms with Crippen molar-refractivity contribution in [2.24, 2.45) is 0 Å². The summed E-state index contributed by atoms with van der Waals surface area (Å²) >= 11 is 0. The Labute approximate surface area is 126 Å². The Kier molecular flexibility index (Phi) is 4.15. The van der Waals surface area contributed by atoms with Crippen LogP contribution in [0.4, 0.5) is 5.82 Å². The Bertz CT molecular complexity index is 484. The molecule has 0 amide bonds. The van der Waals surface area contributed by atoms with Gasteiger partial charge in [-0.3, -0.25) is 0 Å². The van der Waals surface area contributed by atoms with E-state index in [1.165, 1.54) is 18.4 Å². The molecule has 3 heterocycles. The van der Waals surface area contributed by atoms with Crippen LogP contribution < -0.4 is 5.73 Å². The van der Waals surface area contributed by atoms with E-state index in [4.69, 9.17) is 15.2 Å². The lowest BCUT2D eigenvalue weighted by atomic mass is 9.90. The highest BCUT2D eigenvalue weighted by atomic mass is 16.7. The predicted octanol–water partition coefficient (Wildman–Crippen LogP) is 1.99. The number of pyridine rings is 1. The van der Waals surface area contributed by atoms with Gasteiger partial charge in [-0.25, -0.2) is 4.98 Å². The first-order valence-electron chi connectivity index (χ1n) is 7.77. The van der Waals surface area contributed by atoms with E-state index in [9.17, 15) is 0 Å². The molecular formula is C16H25N3O2. The average Bonchev–Trinajstić information content (AvgIpc) is 2.79. The molecule has 116 valence electrons. The highest BCUT2D eigenvalue weighted by molar-refractivity contribution is 5.33. The molecular weight excluding hydrogens is 266 g/mol. The van der Waals surface area contributed by atoms with Crippen molar-refractivity contribution in [3.63, 3.8) is 0 Å². The van der Waals surface area contributed by atoms with Crippen LogP contribution in [0.3, 0.4) is 0 Å². The van der Waals surface area contributed by atoms with Crippen LogP contribution in [0.1, 0.15) is 38.2 Å². The number of nitrogen functional groups attached to an aromatic ring is 1. The molecule has 2 aliphatic rings. The van der Waals surface area contributed by atoms with Gasteiger partial charge in [-0.05, 0) is 63.4 Å². The summed E-state index contributed by atoms with van der Waals surface area (Å²) in [5, 5.41) is 0. The lowest BCUT2D eigenvalue weighted by Gasteiger charge is -2.33. The Balaban J connectivity index is 1.49. The summed E-state index contributed by atoms with van der Waals surface area (Å²) in [6.07, 6.45) is 4.34. The van der Waals surface area contributed by atoms with Crippen LogP contribution in [0.25, 0.3) is 0 Å². The highest BCUT2D eigenvalue weighted by Crippen LogP contribution is 2.29. The number of hydrogen-bond donors (Lipinski definition) is 1. The summed E-state index contributed by atoms with van der Waals surface area (Å²) in [6.45, 7) is 7.84. The number of aromatic nitrogens is 1. The zero-order chi connectivity index (χ0) is 14.9. The summed E-state index contributed by atoms with van der Waals surface area (Å²) in [7, 11) is 0. The number of nitrogens with two attached hydrogens (primary N) is 1. The molecule has 2 N–H and O–H groups in total. The molecule has 21 heavy (non-hydrogen) atoms. The molecule has 5 nitrogen and oxygen atoms in total. The molecule has 0 unspecified atom stereocenters. The van der Waals surface area contributed by atoms with Gasteiger partial charge in [0, 0.05) is 12.7 Å². The second kappa shape index (κ2) is 5.91. The molecule has 5 heteroatoms. The smallest absolute Gasteiger partial charge is 0.163 e. The van der Waals surface area contributed by atoms with Gasteiger partial charge in [0.05, 0.1) is 12.7 Å². The van der Waals surface area contributed by atoms with Crippen molar-refractivity contribution in [3.05, 3.63) is 23.9 Å². The molecule has 0 spiro atoms. The second-order valence-corrected chi connectivity index (χ2v) is 6.54. The fraction of sp³-hybridized carbons (Fsp3) is 0.688. The van der Waals surface area contributed by atoms with E-state index in [0.717, 1.165) is 19.6 Å². The quantitative estimate of drug-likeness (QED) is 0.923. The van der Waals surface area contributed by atoms with Crippen LogP contribution in [0.5, 0.6) is 0 Å². The van der Waals surface area contributed by atoms with Crippen molar-refractivity contribution in [1.82, 2.24) is 9.88 Å². The molecule has 1 aromatic heterocycles. The number of rotatable bonds is 3. The summed E-state index contributed by atoms with van der Waals surface area (Å²) in [5.41, 5.74) is 7.10. The topological polar surface area (TPSA) is 60.6 Å². The van der Waals surface area contributed by atoms with E-state index >= 15 is 0 Å². The molecule has 0 aromatic carbocycles. The average molecular weight is 291 g/mol. The van der Waals surface area contributed by atoms with Gasteiger partial charge < -0.3 is 20.1 Å². The van der Waals surface area contributed by atoms with Crippen LogP contribution in [0, 0.1) is 0 Å². The summed E-state index contributed by atoms with van der Waals surface area (Å²) in [5.74, 6) is 0.801. The van der Waals surface area contributed by atoms with E-state index in [1.807, 2.05) is 26.1 Å². The van der Waals surface area contributed by atoms with Gasteiger partial charge in [-0.2, -0.15) is 0 Å². The first-order valence-corrected chi connectivity index (χ1v) is 7.77. The van der Waals surface area contributed by atoms with Crippen molar-refractivity contribution in [2.75, 3.05) is 32.0 Å². The molecule has 0 bridgehead atoms. The van der Waals surface area contributed by atoms with Crippen molar-refractivity contribution in [1.29, 1.82) is 0 Å². The van der Waals surface area contributed by atoms with Gasteiger partial charge in [0.2, 0.25) is 0 Å². The summed E-state index contributed by atoms with van der Waals surface area (Å²) in [4.78, 5) is 6.55. The van der Waals surface area contributed by atoms with Gasteiger partial charge in [0.1, 0.15) is 5.82 Å². The minimum Gasteiger partial charge on any atom is -0.384 e. The second-order valence-electron chi connectivity index (χ2n) is 6.54. The number of anilines is 1. The maximum Gasteiger partial charge on any atom is 0.163 e. The van der Waals surface area contributed by atoms with E-state index in [2.05, 4.69) is 16.0 Å². The number of hydrogen-bond acceptors (Lipinski definition) is 5. The van der Waals surface area contributed by atoms with E-state index in [1.54, 1.807) is 0 Å². The van der Waals surface area contributed by atoms with Crippen LogP contribution >= 0.6 is 0 Å². The van der Waals surface area contributed by atoms with E-state index in [-0.39, 0.29) is 6.10 Å². The van der Waals surface area contributed by atoms with Crippen molar-refractivity contribution in [3.8, 4) is 0 Å². The molecule has 1 aromatic rings. The van der Waals surface area contributed by atoms with Crippen molar-refractivity contribution in [2.45, 2.75) is 44.5 Å². The van der Waals surface area contributed by atoms with Gasteiger partial charge in [0.15, 0.2) is 5.79 Å². The van der Waals surface area contributed by atoms with Crippen LogP contribution in [-0.2, 0) is 9.47 Å². The lowest BCUT2D eigenvalue weighted by Crippen LogP contribution is -2.39. The standard InChI is InChI=1S/C16H25N3O2/c1-16(2)20-11-14(21-16)10-19-7-4-12(5-8-19)13-3-6-18-15(17)9-13/h3,6,9,12,14H,4-5,7-8,10-11H2,1-2H3,(H2,17,18)/t14-/m0/s1. The SMILES string of the molecule is CC1(C)OC[C@H](CN2CCC(c3ccnc(N)c3)CC2)O1. The largest absolute Gasteiger partial charge is 0.384 e. The monoisotopic (exact) mass is 291 g/mol. The van der Waals surface area contributed by atoms with E-state index < -0.39 is 5.79 Å². The van der Waals surface area contributed by atoms with Gasteiger partial charge in [-0.15, -0.1) is 0 Å². The van der Waals surface area contributed by atoms with Gasteiger partial charge >= 0.3 is 0 Å². The van der Waals surface area contributed by atoms with Crippen LogP contribution in [-0.4, -0.2) is 48.0 Å². The third-order valence-electron chi connectivity index (χ3n) is 4.39. The van der Waals surface area contributed by atoms with Gasteiger partial charge in [-0.1, -0.05) is 0 Å². The molecule has 2 aliphatic heterocycles. The Morgan fingerprint density at radius 3 is 2.76 bits per heavy atom. The predicted molar refractivity (Wildman–Crippen MR) is 82.0 cm³/mol. The molecule has 2 saturated heterocycles. The Morgan fingerprint density at radius 2 is 2.14 bits per heavy atom. The molecule has 0 saturated carbocycles. The third-order valence-corrected chi connectivity index (χ3v) is 4.39. The molecule has 0 radical (unpaired) electrons. The van der Waals surface area contributed by atoms with Crippen molar-refractivity contribution < 1.29 is 9.47 Å². The first kappa shape index (κ1) is 14.8. The Morgan fingerprint density at radius 1 is 1.38 bits per heavy atom. The van der Waals surface area contributed by atoms with Crippen molar-refractivity contribution >= 4 is 5.82 Å². The minimum absolute atomic E-state index is 0.202. The zero-order valence-electron chi connectivity index (χ0n) is 12.9. The fourth-order valence-electron chi connectivity index (χ4n) is 3.31.